The maximum absolute atomic E-state index is 10.9. The molecule has 4 nitrogen and oxygen atoms in total. The van der Waals surface area contributed by atoms with E-state index in [1.54, 1.807) is 11.3 Å². The van der Waals surface area contributed by atoms with Crippen LogP contribution in [0.1, 0.15) is 22.9 Å². The molecular formula is C14H16N2O2S. The maximum Gasteiger partial charge on any atom is 0.305 e. The molecule has 1 aromatic heterocycles. The van der Waals surface area contributed by atoms with Gasteiger partial charge in [-0.05, 0) is 23.1 Å². The topological polar surface area (TPSA) is 75.3 Å². The van der Waals surface area contributed by atoms with E-state index in [9.17, 15) is 4.79 Å². The fraction of sp³-hybridized carbons (Fsp3) is 0.214. The summed E-state index contributed by atoms with van der Waals surface area (Å²) in [6.07, 6.45) is 0.0627. The fourth-order valence-corrected chi connectivity index (χ4v) is 2.67. The number of benzene rings is 1. The number of carboxylic acids is 1. The molecule has 0 fully saturated rings. The van der Waals surface area contributed by atoms with Crippen molar-refractivity contribution in [2.45, 2.75) is 19.0 Å². The van der Waals surface area contributed by atoms with E-state index in [0.717, 1.165) is 16.1 Å². The summed E-state index contributed by atoms with van der Waals surface area (Å²) in [6, 6.07) is 11.3. The van der Waals surface area contributed by atoms with E-state index in [2.05, 4.69) is 5.32 Å². The van der Waals surface area contributed by atoms with Crippen LogP contribution in [-0.2, 0) is 11.3 Å². The average molecular weight is 276 g/mol. The SMILES string of the molecule is Nc1ccccc1CNC(CC(=O)O)c1cccs1. The summed E-state index contributed by atoms with van der Waals surface area (Å²) >= 11 is 1.56. The first-order chi connectivity index (χ1) is 9.16. The first-order valence-corrected chi connectivity index (χ1v) is 6.86. The summed E-state index contributed by atoms with van der Waals surface area (Å²) in [5, 5.41) is 14.2. The normalized spacial score (nSPS) is 12.2. The summed E-state index contributed by atoms with van der Waals surface area (Å²) in [7, 11) is 0. The quantitative estimate of drug-likeness (QED) is 0.709. The first-order valence-electron chi connectivity index (χ1n) is 5.99. The molecular weight excluding hydrogens is 260 g/mol. The van der Waals surface area contributed by atoms with Crippen LogP contribution in [-0.4, -0.2) is 11.1 Å². The predicted octanol–water partition coefficient (Wildman–Crippen LogP) is 2.64. The Bertz CT molecular complexity index is 540. The van der Waals surface area contributed by atoms with Gasteiger partial charge >= 0.3 is 5.97 Å². The summed E-state index contributed by atoms with van der Waals surface area (Å²) in [5.41, 5.74) is 7.57. The number of carboxylic acid groups (broad SMARTS) is 1. The third kappa shape index (κ3) is 3.81. The molecule has 0 aliphatic heterocycles. The van der Waals surface area contributed by atoms with Crippen molar-refractivity contribution >= 4 is 23.0 Å². The molecule has 0 saturated carbocycles. The van der Waals surface area contributed by atoms with E-state index in [4.69, 9.17) is 10.8 Å². The number of para-hydroxylation sites is 1. The molecule has 1 unspecified atom stereocenters. The van der Waals surface area contributed by atoms with E-state index in [1.807, 2.05) is 41.8 Å². The Balaban J connectivity index is 2.05. The number of thiophene rings is 1. The average Bonchev–Trinajstić information content (AvgIpc) is 2.89. The van der Waals surface area contributed by atoms with Gasteiger partial charge in [0, 0.05) is 17.1 Å². The largest absolute Gasteiger partial charge is 0.481 e. The van der Waals surface area contributed by atoms with Gasteiger partial charge in [0.05, 0.1) is 12.5 Å². The number of nitrogen functional groups attached to an aromatic ring is 1. The number of aliphatic carboxylic acids is 1. The Morgan fingerprint density at radius 3 is 2.74 bits per heavy atom. The second-order valence-corrected chi connectivity index (χ2v) is 5.22. The lowest BCUT2D eigenvalue weighted by Crippen LogP contribution is -2.23. The number of rotatable bonds is 6. The van der Waals surface area contributed by atoms with Crippen molar-refractivity contribution in [1.29, 1.82) is 0 Å². The number of hydrogen-bond acceptors (Lipinski definition) is 4. The Labute approximate surface area is 115 Å². The second kappa shape index (κ2) is 6.36. The van der Waals surface area contributed by atoms with E-state index in [-0.39, 0.29) is 12.5 Å². The molecule has 100 valence electrons. The van der Waals surface area contributed by atoms with E-state index >= 15 is 0 Å². The van der Waals surface area contributed by atoms with Crippen LogP contribution in [0.2, 0.25) is 0 Å². The zero-order valence-electron chi connectivity index (χ0n) is 10.4. The highest BCUT2D eigenvalue weighted by molar-refractivity contribution is 7.10. The summed E-state index contributed by atoms with van der Waals surface area (Å²) in [4.78, 5) is 11.9. The summed E-state index contributed by atoms with van der Waals surface area (Å²) < 4.78 is 0. The molecule has 5 heteroatoms. The lowest BCUT2D eigenvalue weighted by atomic mass is 10.1. The van der Waals surface area contributed by atoms with E-state index in [0.29, 0.717) is 6.54 Å². The van der Waals surface area contributed by atoms with Crippen molar-refractivity contribution in [3.05, 3.63) is 52.2 Å². The molecule has 0 saturated heterocycles. The zero-order valence-corrected chi connectivity index (χ0v) is 11.2. The second-order valence-electron chi connectivity index (χ2n) is 4.25. The summed E-state index contributed by atoms with van der Waals surface area (Å²) in [6.45, 7) is 0.558. The van der Waals surface area contributed by atoms with E-state index in [1.165, 1.54) is 0 Å². The highest BCUT2D eigenvalue weighted by atomic mass is 32.1. The molecule has 1 heterocycles. The lowest BCUT2D eigenvalue weighted by molar-refractivity contribution is -0.137. The molecule has 1 aromatic carbocycles. The van der Waals surface area contributed by atoms with Crippen LogP contribution in [0.15, 0.2) is 41.8 Å². The molecule has 0 aliphatic carbocycles. The van der Waals surface area contributed by atoms with Crippen LogP contribution < -0.4 is 11.1 Å². The van der Waals surface area contributed by atoms with Crippen LogP contribution in [0, 0.1) is 0 Å². The van der Waals surface area contributed by atoms with Crippen LogP contribution >= 0.6 is 11.3 Å². The molecule has 0 spiro atoms. The van der Waals surface area contributed by atoms with Crippen molar-refractivity contribution in [2.24, 2.45) is 0 Å². The Kier molecular flexibility index (Phi) is 4.54. The van der Waals surface area contributed by atoms with Crippen LogP contribution in [0.5, 0.6) is 0 Å². The van der Waals surface area contributed by atoms with E-state index < -0.39 is 5.97 Å². The summed E-state index contributed by atoms with van der Waals surface area (Å²) in [5.74, 6) is -0.813. The minimum Gasteiger partial charge on any atom is -0.481 e. The molecule has 4 N–H and O–H groups in total. The Morgan fingerprint density at radius 1 is 1.32 bits per heavy atom. The van der Waals surface area contributed by atoms with Gasteiger partial charge in [0.25, 0.3) is 0 Å². The number of hydrogen-bond donors (Lipinski definition) is 3. The highest BCUT2D eigenvalue weighted by Gasteiger charge is 2.16. The predicted molar refractivity (Wildman–Crippen MR) is 77.0 cm³/mol. The lowest BCUT2D eigenvalue weighted by Gasteiger charge is -2.16. The number of carbonyl (C=O) groups is 1. The van der Waals surface area contributed by atoms with Gasteiger partial charge in [0.15, 0.2) is 0 Å². The highest BCUT2D eigenvalue weighted by Crippen LogP contribution is 2.23. The minimum atomic E-state index is -0.813. The van der Waals surface area contributed by atoms with Gasteiger partial charge in [-0.15, -0.1) is 11.3 Å². The van der Waals surface area contributed by atoms with Gasteiger partial charge in [-0.25, -0.2) is 0 Å². The number of nitrogens with two attached hydrogens (primary N) is 1. The van der Waals surface area contributed by atoms with Crippen molar-refractivity contribution in [3.63, 3.8) is 0 Å². The molecule has 2 aromatic rings. The van der Waals surface area contributed by atoms with Gasteiger partial charge in [-0.3, -0.25) is 4.79 Å². The van der Waals surface area contributed by atoms with Gasteiger partial charge < -0.3 is 16.2 Å². The maximum atomic E-state index is 10.9. The third-order valence-electron chi connectivity index (χ3n) is 2.86. The van der Waals surface area contributed by atoms with Gasteiger partial charge in [0.2, 0.25) is 0 Å². The Hall–Kier alpha value is -1.85. The standard InChI is InChI=1S/C14H16N2O2S/c15-11-5-2-1-4-10(11)9-16-12(8-14(17)18)13-6-3-7-19-13/h1-7,12,16H,8-9,15H2,(H,17,18). The van der Waals surface area contributed by atoms with Crippen LogP contribution in [0.4, 0.5) is 5.69 Å². The number of nitrogens with one attached hydrogen (secondary N) is 1. The fourth-order valence-electron chi connectivity index (χ4n) is 1.87. The first kappa shape index (κ1) is 13.6. The van der Waals surface area contributed by atoms with Gasteiger partial charge in [-0.1, -0.05) is 24.3 Å². The molecule has 0 radical (unpaired) electrons. The molecule has 0 amide bonds. The molecule has 0 bridgehead atoms. The van der Waals surface area contributed by atoms with Crippen molar-refractivity contribution < 1.29 is 9.90 Å². The minimum absolute atomic E-state index is 0.0627. The molecule has 1 atom stereocenters. The van der Waals surface area contributed by atoms with Gasteiger partial charge in [-0.2, -0.15) is 0 Å². The smallest absolute Gasteiger partial charge is 0.305 e. The van der Waals surface area contributed by atoms with Crippen molar-refractivity contribution in [2.75, 3.05) is 5.73 Å². The number of anilines is 1. The molecule has 19 heavy (non-hydrogen) atoms. The van der Waals surface area contributed by atoms with Crippen molar-refractivity contribution in [1.82, 2.24) is 5.32 Å². The van der Waals surface area contributed by atoms with Gasteiger partial charge in [0.1, 0.15) is 0 Å². The Morgan fingerprint density at radius 2 is 2.11 bits per heavy atom. The molecule has 0 aliphatic rings. The zero-order chi connectivity index (χ0) is 13.7. The van der Waals surface area contributed by atoms with Crippen molar-refractivity contribution in [3.8, 4) is 0 Å². The third-order valence-corrected chi connectivity index (χ3v) is 3.85. The monoisotopic (exact) mass is 276 g/mol. The van der Waals surface area contributed by atoms with Crippen LogP contribution in [0.25, 0.3) is 0 Å². The molecule has 2 rings (SSSR count). The van der Waals surface area contributed by atoms with Crippen LogP contribution in [0.3, 0.4) is 0 Å².